The highest BCUT2D eigenvalue weighted by atomic mass is 16.6. The maximum absolute atomic E-state index is 10.8. The van der Waals surface area contributed by atoms with Crippen LogP contribution in [-0.4, -0.2) is 58.9 Å². The van der Waals surface area contributed by atoms with Crippen LogP contribution >= 0.6 is 0 Å². The van der Waals surface area contributed by atoms with Gasteiger partial charge in [-0.2, -0.15) is 5.10 Å². The van der Waals surface area contributed by atoms with Crippen LogP contribution in [0.5, 0.6) is 0 Å². The second-order valence-electron chi connectivity index (χ2n) is 7.91. The minimum absolute atomic E-state index is 0.138. The Morgan fingerprint density at radius 2 is 1.84 bits per heavy atom. The van der Waals surface area contributed by atoms with Crippen molar-refractivity contribution >= 4 is 11.4 Å². The minimum Gasteiger partial charge on any atom is -0.369 e. The van der Waals surface area contributed by atoms with E-state index in [1.807, 2.05) is 29.1 Å². The standard InChI is InChI=1S/C23H28N6O2/c1-19-15-20(17-23(16-19)28-9-2-7-25-28)18-24-8-10-26-11-13-27(14-12-26)21-3-5-22(6-4-21)29(30)31/h2-7,9,15-17,24H,8,10-14,18H2,1H3. The van der Waals surface area contributed by atoms with Crippen LogP contribution in [0, 0.1) is 17.0 Å². The fraction of sp³-hybridized carbons (Fsp3) is 0.348. The van der Waals surface area contributed by atoms with Crippen LogP contribution in [0.25, 0.3) is 5.69 Å². The van der Waals surface area contributed by atoms with Gasteiger partial charge in [0.2, 0.25) is 0 Å². The van der Waals surface area contributed by atoms with Crippen LogP contribution < -0.4 is 10.2 Å². The lowest BCUT2D eigenvalue weighted by Crippen LogP contribution is -2.48. The van der Waals surface area contributed by atoms with E-state index >= 15 is 0 Å². The van der Waals surface area contributed by atoms with Crippen LogP contribution in [0.4, 0.5) is 11.4 Å². The average molecular weight is 421 g/mol. The third kappa shape index (κ3) is 5.48. The normalized spacial score (nSPS) is 14.7. The van der Waals surface area contributed by atoms with Gasteiger partial charge in [-0.15, -0.1) is 0 Å². The lowest BCUT2D eigenvalue weighted by atomic mass is 10.1. The summed E-state index contributed by atoms with van der Waals surface area (Å²) in [5.41, 5.74) is 4.76. The summed E-state index contributed by atoms with van der Waals surface area (Å²) in [6.45, 7) is 8.74. The Labute approximate surface area is 182 Å². The first-order valence-corrected chi connectivity index (χ1v) is 10.6. The molecule has 1 aromatic heterocycles. The number of hydrogen-bond donors (Lipinski definition) is 1. The van der Waals surface area contributed by atoms with Gasteiger partial charge in [0.1, 0.15) is 0 Å². The Morgan fingerprint density at radius 3 is 2.52 bits per heavy atom. The molecule has 1 aliphatic rings. The van der Waals surface area contributed by atoms with Gasteiger partial charge in [-0.25, -0.2) is 4.68 Å². The second kappa shape index (κ2) is 9.72. The van der Waals surface area contributed by atoms with E-state index in [2.05, 4.69) is 45.3 Å². The highest BCUT2D eigenvalue weighted by Crippen LogP contribution is 2.20. The van der Waals surface area contributed by atoms with Crippen LogP contribution in [0.2, 0.25) is 0 Å². The predicted molar refractivity (Wildman–Crippen MR) is 122 cm³/mol. The molecule has 2 aromatic carbocycles. The fourth-order valence-electron chi connectivity index (χ4n) is 3.98. The van der Waals surface area contributed by atoms with E-state index in [-0.39, 0.29) is 10.6 Å². The topological polar surface area (TPSA) is 79.5 Å². The van der Waals surface area contributed by atoms with Crippen molar-refractivity contribution in [1.82, 2.24) is 20.0 Å². The number of rotatable bonds is 8. The molecule has 162 valence electrons. The third-order valence-corrected chi connectivity index (χ3v) is 5.62. The van der Waals surface area contributed by atoms with Gasteiger partial charge in [0.15, 0.2) is 0 Å². The summed E-state index contributed by atoms with van der Waals surface area (Å²) in [5, 5.41) is 18.7. The van der Waals surface area contributed by atoms with E-state index in [9.17, 15) is 10.1 Å². The summed E-state index contributed by atoms with van der Waals surface area (Å²) in [5.74, 6) is 0. The molecule has 0 spiro atoms. The summed E-state index contributed by atoms with van der Waals surface area (Å²) in [6.07, 6.45) is 3.75. The lowest BCUT2D eigenvalue weighted by molar-refractivity contribution is -0.384. The predicted octanol–water partition coefficient (Wildman–Crippen LogP) is 3.00. The van der Waals surface area contributed by atoms with Gasteiger partial charge in [-0.3, -0.25) is 15.0 Å². The Balaban J connectivity index is 1.21. The molecule has 2 heterocycles. The maximum Gasteiger partial charge on any atom is 0.269 e. The Hall–Kier alpha value is -3.23. The number of nitro benzene ring substituents is 1. The van der Waals surface area contributed by atoms with Crippen molar-refractivity contribution in [1.29, 1.82) is 0 Å². The van der Waals surface area contributed by atoms with E-state index in [0.29, 0.717) is 0 Å². The average Bonchev–Trinajstić information content (AvgIpc) is 3.32. The minimum atomic E-state index is -0.357. The number of aryl methyl sites for hydroxylation is 1. The monoisotopic (exact) mass is 420 g/mol. The molecule has 0 unspecified atom stereocenters. The number of aromatic nitrogens is 2. The van der Waals surface area contributed by atoms with Crippen LogP contribution in [-0.2, 0) is 6.54 Å². The summed E-state index contributed by atoms with van der Waals surface area (Å²) in [7, 11) is 0. The van der Waals surface area contributed by atoms with Crippen molar-refractivity contribution < 1.29 is 4.92 Å². The number of hydrogen-bond acceptors (Lipinski definition) is 6. The second-order valence-corrected chi connectivity index (χ2v) is 7.91. The Kier molecular flexibility index (Phi) is 6.59. The summed E-state index contributed by atoms with van der Waals surface area (Å²) in [6, 6.07) is 15.3. The van der Waals surface area contributed by atoms with Crippen molar-refractivity contribution in [2.75, 3.05) is 44.2 Å². The molecule has 4 rings (SSSR count). The number of piperazine rings is 1. The van der Waals surface area contributed by atoms with Crippen molar-refractivity contribution in [2.45, 2.75) is 13.5 Å². The molecule has 0 aliphatic carbocycles. The maximum atomic E-state index is 10.8. The van der Waals surface area contributed by atoms with Gasteiger partial charge >= 0.3 is 0 Å². The Bertz CT molecular complexity index is 995. The molecule has 3 aromatic rings. The van der Waals surface area contributed by atoms with Crippen LogP contribution in [0.15, 0.2) is 60.9 Å². The van der Waals surface area contributed by atoms with Gasteiger partial charge in [-0.1, -0.05) is 6.07 Å². The molecular weight excluding hydrogens is 392 g/mol. The lowest BCUT2D eigenvalue weighted by Gasteiger charge is -2.36. The van der Waals surface area contributed by atoms with E-state index in [1.165, 1.54) is 11.1 Å². The highest BCUT2D eigenvalue weighted by molar-refractivity contribution is 5.51. The van der Waals surface area contributed by atoms with Gasteiger partial charge in [-0.05, 0) is 48.4 Å². The number of nitrogens with zero attached hydrogens (tertiary/aromatic N) is 5. The van der Waals surface area contributed by atoms with E-state index in [1.54, 1.807) is 18.3 Å². The van der Waals surface area contributed by atoms with Gasteiger partial charge in [0, 0.05) is 76.0 Å². The molecule has 1 aliphatic heterocycles. The third-order valence-electron chi connectivity index (χ3n) is 5.62. The zero-order valence-electron chi connectivity index (χ0n) is 17.8. The Morgan fingerprint density at radius 1 is 1.06 bits per heavy atom. The molecule has 0 amide bonds. The zero-order valence-corrected chi connectivity index (χ0v) is 17.8. The van der Waals surface area contributed by atoms with E-state index in [0.717, 1.165) is 57.2 Å². The van der Waals surface area contributed by atoms with Gasteiger partial charge < -0.3 is 10.2 Å². The first-order chi connectivity index (χ1) is 15.1. The quantitative estimate of drug-likeness (QED) is 0.343. The number of anilines is 1. The molecule has 1 saturated heterocycles. The molecule has 8 nitrogen and oxygen atoms in total. The first kappa shape index (κ1) is 21.0. The van der Waals surface area contributed by atoms with Gasteiger partial charge in [0.25, 0.3) is 5.69 Å². The van der Waals surface area contributed by atoms with Crippen molar-refractivity contribution in [3.63, 3.8) is 0 Å². The summed E-state index contributed by atoms with van der Waals surface area (Å²) >= 11 is 0. The largest absolute Gasteiger partial charge is 0.369 e. The van der Waals surface area contributed by atoms with Crippen molar-refractivity contribution in [3.05, 3.63) is 82.2 Å². The molecule has 31 heavy (non-hydrogen) atoms. The number of nitro groups is 1. The zero-order chi connectivity index (χ0) is 21.6. The van der Waals surface area contributed by atoms with E-state index < -0.39 is 0 Å². The number of non-ortho nitro benzene ring substituents is 1. The molecule has 0 radical (unpaired) electrons. The van der Waals surface area contributed by atoms with Crippen molar-refractivity contribution in [2.24, 2.45) is 0 Å². The summed E-state index contributed by atoms with van der Waals surface area (Å²) in [4.78, 5) is 15.2. The van der Waals surface area contributed by atoms with Crippen molar-refractivity contribution in [3.8, 4) is 5.69 Å². The summed E-state index contributed by atoms with van der Waals surface area (Å²) < 4.78 is 1.89. The highest BCUT2D eigenvalue weighted by Gasteiger charge is 2.17. The SMILES string of the molecule is Cc1cc(CNCCN2CCN(c3ccc([N+](=O)[O-])cc3)CC2)cc(-n2cccn2)c1. The molecule has 0 saturated carbocycles. The molecule has 0 atom stereocenters. The van der Waals surface area contributed by atoms with Gasteiger partial charge in [0.05, 0.1) is 10.6 Å². The molecule has 8 heteroatoms. The molecule has 1 N–H and O–H groups in total. The smallest absolute Gasteiger partial charge is 0.269 e. The van der Waals surface area contributed by atoms with Crippen LogP contribution in [0.1, 0.15) is 11.1 Å². The van der Waals surface area contributed by atoms with E-state index in [4.69, 9.17) is 0 Å². The van der Waals surface area contributed by atoms with Crippen LogP contribution in [0.3, 0.4) is 0 Å². The molecular formula is C23H28N6O2. The number of nitrogens with one attached hydrogen (secondary N) is 1. The fourth-order valence-corrected chi connectivity index (χ4v) is 3.98. The molecule has 1 fully saturated rings. The first-order valence-electron chi connectivity index (χ1n) is 10.6. The number of benzene rings is 2. The molecule has 0 bridgehead atoms.